The Morgan fingerprint density at radius 2 is 1.94 bits per heavy atom. The van der Waals surface area contributed by atoms with Gasteiger partial charge in [0, 0.05) is 24.9 Å². The Bertz CT molecular complexity index is 845. The van der Waals surface area contributed by atoms with Gasteiger partial charge in [0.2, 0.25) is 0 Å². The van der Waals surface area contributed by atoms with E-state index in [4.69, 9.17) is 9.47 Å². The SMILES string of the molecule is C=C1C(=C)[C@]23CC[C@H]1CC2[C@]1(CC)CCC[C@@](C)(COC(=O)N2CCOCC2)C1CC3=O. The first-order chi connectivity index (χ1) is 15.3. The zero-order chi connectivity index (χ0) is 22.7. The van der Waals surface area contributed by atoms with Crippen LogP contribution in [0.1, 0.15) is 65.2 Å². The Hall–Kier alpha value is -1.62. The summed E-state index contributed by atoms with van der Waals surface area (Å²) in [6.45, 7) is 16.1. The molecule has 6 aliphatic rings. The van der Waals surface area contributed by atoms with E-state index < -0.39 is 0 Å². The molecule has 32 heavy (non-hydrogen) atoms. The predicted molar refractivity (Wildman–Crippen MR) is 123 cm³/mol. The standard InChI is InChI=1S/C27H39NO4/c1-5-26-9-6-8-25(4,17-32-24(30)28-11-13-31-14-12-28)21(26)16-23(29)27-10-7-20(15-22(26)27)18(2)19(27)3/h20-22H,2-3,5-17H2,1,4H3/t20-,21?,22?,25-,26+,27+/m0/s1. The molecule has 1 spiro atoms. The molecule has 5 aliphatic carbocycles. The van der Waals surface area contributed by atoms with Crippen LogP contribution < -0.4 is 0 Å². The maximum Gasteiger partial charge on any atom is 0.409 e. The van der Waals surface area contributed by atoms with Crippen molar-refractivity contribution >= 4 is 11.9 Å². The molecule has 176 valence electrons. The molecule has 0 N–H and O–H groups in total. The lowest BCUT2D eigenvalue weighted by Crippen LogP contribution is -2.65. The van der Waals surface area contributed by atoms with Gasteiger partial charge < -0.3 is 14.4 Å². The zero-order valence-corrected chi connectivity index (χ0v) is 19.9. The summed E-state index contributed by atoms with van der Waals surface area (Å²) in [5, 5.41) is 0. The fourth-order valence-electron chi connectivity index (χ4n) is 8.62. The second-order valence-corrected chi connectivity index (χ2v) is 11.4. The third-order valence-electron chi connectivity index (χ3n) is 10.4. The Morgan fingerprint density at radius 3 is 2.66 bits per heavy atom. The van der Waals surface area contributed by atoms with E-state index in [1.807, 2.05) is 0 Å². The first-order valence-electron chi connectivity index (χ1n) is 12.7. The fourth-order valence-corrected chi connectivity index (χ4v) is 8.62. The van der Waals surface area contributed by atoms with Gasteiger partial charge >= 0.3 is 6.09 Å². The Morgan fingerprint density at radius 1 is 1.19 bits per heavy atom. The van der Waals surface area contributed by atoms with Crippen LogP contribution in [-0.4, -0.2) is 49.7 Å². The Labute approximate surface area is 192 Å². The Balaban J connectivity index is 1.43. The van der Waals surface area contributed by atoms with E-state index in [1.54, 1.807) is 4.90 Å². The minimum atomic E-state index is -0.388. The predicted octanol–water partition coefficient (Wildman–Crippen LogP) is 5.16. The summed E-state index contributed by atoms with van der Waals surface area (Å²) < 4.78 is 11.3. The molecule has 5 nitrogen and oxygen atoms in total. The van der Waals surface area contributed by atoms with Crippen molar-refractivity contribution in [1.29, 1.82) is 0 Å². The van der Waals surface area contributed by atoms with E-state index in [0.717, 1.165) is 49.7 Å². The van der Waals surface area contributed by atoms with Gasteiger partial charge in [0.25, 0.3) is 0 Å². The molecular weight excluding hydrogens is 402 g/mol. The molecule has 6 fully saturated rings. The summed E-state index contributed by atoms with van der Waals surface area (Å²) in [5.41, 5.74) is 1.76. The van der Waals surface area contributed by atoms with Gasteiger partial charge in [-0.25, -0.2) is 4.79 Å². The highest BCUT2D eigenvalue weighted by Crippen LogP contribution is 2.73. The van der Waals surface area contributed by atoms with Gasteiger partial charge in [0.15, 0.2) is 0 Å². The summed E-state index contributed by atoms with van der Waals surface area (Å²) in [6, 6.07) is 0. The topological polar surface area (TPSA) is 55.8 Å². The lowest BCUT2D eigenvalue weighted by Gasteiger charge is -2.68. The van der Waals surface area contributed by atoms with Crippen LogP contribution in [0.25, 0.3) is 0 Å². The third kappa shape index (κ3) is 2.92. The van der Waals surface area contributed by atoms with Gasteiger partial charge in [0.1, 0.15) is 5.78 Å². The third-order valence-corrected chi connectivity index (χ3v) is 10.4. The number of morpholine rings is 1. The van der Waals surface area contributed by atoms with E-state index in [2.05, 4.69) is 27.0 Å². The van der Waals surface area contributed by atoms with Crippen molar-refractivity contribution in [2.45, 2.75) is 65.2 Å². The number of rotatable bonds is 3. The molecule has 0 aromatic heterocycles. The minimum absolute atomic E-state index is 0.120. The molecule has 2 bridgehead atoms. The average molecular weight is 442 g/mol. The monoisotopic (exact) mass is 441 g/mol. The highest BCUT2D eigenvalue weighted by molar-refractivity contribution is 5.91. The number of hydrogen-bond donors (Lipinski definition) is 0. The molecule has 6 rings (SSSR count). The Kier molecular flexibility index (Phi) is 5.35. The van der Waals surface area contributed by atoms with Crippen molar-refractivity contribution in [2.24, 2.45) is 34.0 Å². The first-order valence-corrected chi connectivity index (χ1v) is 12.7. The number of carbonyl (C=O) groups is 2. The van der Waals surface area contributed by atoms with Gasteiger partial charge in [-0.3, -0.25) is 4.79 Å². The van der Waals surface area contributed by atoms with Crippen LogP contribution in [0.4, 0.5) is 4.79 Å². The van der Waals surface area contributed by atoms with Gasteiger partial charge in [-0.15, -0.1) is 0 Å². The van der Waals surface area contributed by atoms with E-state index >= 15 is 0 Å². The largest absolute Gasteiger partial charge is 0.449 e. The van der Waals surface area contributed by atoms with Crippen LogP contribution in [0.15, 0.2) is 24.3 Å². The maximum absolute atomic E-state index is 13.9. The number of ether oxygens (including phenoxy) is 2. The second-order valence-electron chi connectivity index (χ2n) is 11.4. The zero-order valence-electron chi connectivity index (χ0n) is 19.9. The molecule has 1 saturated heterocycles. The van der Waals surface area contributed by atoms with E-state index in [-0.39, 0.29) is 28.3 Å². The van der Waals surface area contributed by atoms with Crippen LogP contribution in [0.5, 0.6) is 0 Å². The van der Waals surface area contributed by atoms with Crippen molar-refractivity contribution in [3.05, 3.63) is 24.3 Å². The van der Waals surface area contributed by atoms with Crippen LogP contribution in [-0.2, 0) is 14.3 Å². The van der Waals surface area contributed by atoms with Gasteiger partial charge in [-0.1, -0.05) is 33.4 Å². The smallest absolute Gasteiger partial charge is 0.409 e. The number of allylic oxidation sites excluding steroid dienone is 2. The lowest BCUT2D eigenvalue weighted by atomic mass is 9.35. The summed E-state index contributed by atoms with van der Waals surface area (Å²) in [6.07, 6.45) is 7.88. The molecule has 6 atom stereocenters. The number of ketones is 1. The molecule has 1 heterocycles. The van der Waals surface area contributed by atoms with Gasteiger partial charge in [-0.05, 0) is 72.8 Å². The van der Waals surface area contributed by atoms with Crippen molar-refractivity contribution in [1.82, 2.24) is 4.90 Å². The van der Waals surface area contributed by atoms with Crippen molar-refractivity contribution in [2.75, 3.05) is 32.9 Å². The second kappa shape index (κ2) is 7.72. The molecule has 5 heteroatoms. The molecule has 5 saturated carbocycles. The highest BCUT2D eigenvalue weighted by Gasteiger charge is 2.69. The minimum Gasteiger partial charge on any atom is -0.449 e. The molecule has 2 unspecified atom stereocenters. The normalized spacial score (nSPS) is 43.6. The van der Waals surface area contributed by atoms with E-state index in [0.29, 0.717) is 57.0 Å². The molecule has 1 amide bonds. The number of carbonyl (C=O) groups excluding carboxylic acids is 2. The number of hydrogen-bond acceptors (Lipinski definition) is 4. The molecule has 0 aromatic carbocycles. The first kappa shape index (κ1) is 22.2. The lowest BCUT2D eigenvalue weighted by molar-refractivity contribution is -0.183. The van der Waals surface area contributed by atoms with Crippen LogP contribution in [0.2, 0.25) is 0 Å². The fraction of sp³-hybridized carbons (Fsp3) is 0.778. The van der Waals surface area contributed by atoms with E-state index in [9.17, 15) is 9.59 Å². The molecule has 0 aromatic rings. The summed E-state index contributed by atoms with van der Waals surface area (Å²) in [5.74, 6) is 1.48. The number of amides is 1. The summed E-state index contributed by atoms with van der Waals surface area (Å²) in [7, 11) is 0. The van der Waals surface area contributed by atoms with Crippen molar-refractivity contribution in [3.8, 4) is 0 Å². The van der Waals surface area contributed by atoms with Crippen molar-refractivity contribution < 1.29 is 19.1 Å². The van der Waals surface area contributed by atoms with Crippen LogP contribution >= 0.6 is 0 Å². The maximum atomic E-state index is 13.9. The molecule has 0 radical (unpaired) electrons. The van der Waals surface area contributed by atoms with E-state index in [1.165, 1.54) is 6.42 Å². The summed E-state index contributed by atoms with van der Waals surface area (Å²) >= 11 is 0. The molecule has 1 aliphatic heterocycles. The number of nitrogens with zero attached hydrogens (tertiary/aromatic N) is 1. The van der Waals surface area contributed by atoms with Gasteiger partial charge in [0.05, 0.1) is 25.2 Å². The molecular formula is C27H39NO4. The number of fused-ring (bicyclic) bond motifs is 3. The van der Waals surface area contributed by atoms with Crippen LogP contribution in [0, 0.1) is 34.0 Å². The van der Waals surface area contributed by atoms with Gasteiger partial charge in [-0.2, -0.15) is 0 Å². The average Bonchev–Trinajstić information content (AvgIpc) is 2.82. The quantitative estimate of drug-likeness (QED) is 0.607. The highest BCUT2D eigenvalue weighted by atomic mass is 16.6. The van der Waals surface area contributed by atoms with Crippen LogP contribution in [0.3, 0.4) is 0 Å². The number of Topliss-reactive ketones (excluding diaryl/α,β-unsaturated/α-hetero) is 1. The summed E-state index contributed by atoms with van der Waals surface area (Å²) in [4.78, 5) is 28.4. The van der Waals surface area contributed by atoms with Crippen molar-refractivity contribution in [3.63, 3.8) is 0 Å².